The maximum Gasteiger partial charge on any atom is 0.338 e. The molecule has 1 aliphatic heterocycles. The number of urea groups is 1. The van der Waals surface area contributed by atoms with Crippen molar-refractivity contribution in [3.63, 3.8) is 0 Å². The number of benzene rings is 1. The number of nitro groups is 1. The minimum absolute atomic E-state index is 0.100. The molecule has 0 bridgehead atoms. The van der Waals surface area contributed by atoms with Gasteiger partial charge in [0, 0.05) is 24.9 Å². The number of esters is 1. The molecule has 138 valence electrons. The average Bonchev–Trinajstić information content (AvgIpc) is 3.12. The van der Waals surface area contributed by atoms with Crippen LogP contribution >= 0.6 is 0 Å². The van der Waals surface area contributed by atoms with Crippen molar-refractivity contribution in [3.05, 3.63) is 51.2 Å². The van der Waals surface area contributed by atoms with Crippen LogP contribution in [0.3, 0.4) is 0 Å². The molecule has 1 aromatic carbocycles. The fourth-order valence-corrected chi connectivity index (χ4v) is 3.39. The summed E-state index contributed by atoms with van der Waals surface area (Å²) in [6.07, 6.45) is 3.61. The van der Waals surface area contributed by atoms with Crippen LogP contribution in [0.1, 0.15) is 44.2 Å². The number of carbonyl (C=O) groups is 2. The van der Waals surface area contributed by atoms with Gasteiger partial charge in [0.05, 0.1) is 16.5 Å². The van der Waals surface area contributed by atoms with Crippen molar-refractivity contribution in [1.29, 1.82) is 0 Å². The number of non-ortho nitro benzene ring substituents is 1. The summed E-state index contributed by atoms with van der Waals surface area (Å²) in [7, 11) is 1.57. The summed E-state index contributed by atoms with van der Waals surface area (Å²) in [5.41, 5.74) is 1.16. The number of amides is 2. The predicted molar refractivity (Wildman–Crippen MR) is 93.2 cm³/mol. The van der Waals surface area contributed by atoms with Crippen molar-refractivity contribution < 1.29 is 19.2 Å². The molecule has 1 aromatic rings. The molecule has 26 heavy (non-hydrogen) atoms. The van der Waals surface area contributed by atoms with E-state index in [0.717, 1.165) is 25.7 Å². The molecular formula is C18H21N3O5. The number of nitro benzene ring substituents is 1. The van der Waals surface area contributed by atoms with Crippen LogP contribution in [-0.4, -0.2) is 35.0 Å². The highest BCUT2D eigenvalue weighted by Gasteiger charge is 2.36. The zero-order chi connectivity index (χ0) is 18.8. The summed E-state index contributed by atoms with van der Waals surface area (Å²) in [5.74, 6) is -0.488. The van der Waals surface area contributed by atoms with Gasteiger partial charge in [-0.05, 0) is 38.2 Å². The summed E-state index contributed by atoms with van der Waals surface area (Å²) >= 11 is 0. The molecule has 2 aliphatic rings. The fraction of sp³-hybridized carbons (Fsp3) is 0.444. The lowest BCUT2D eigenvalue weighted by molar-refractivity contribution is -0.384. The van der Waals surface area contributed by atoms with Crippen molar-refractivity contribution in [2.45, 2.75) is 44.8 Å². The maximum atomic E-state index is 12.8. The van der Waals surface area contributed by atoms with Gasteiger partial charge in [-0.2, -0.15) is 0 Å². The fourth-order valence-electron chi connectivity index (χ4n) is 3.39. The van der Waals surface area contributed by atoms with Gasteiger partial charge in [-0.1, -0.05) is 12.1 Å². The largest absolute Gasteiger partial charge is 0.459 e. The third kappa shape index (κ3) is 3.40. The van der Waals surface area contributed by atoms with Crippen molar-refractivity contribution in [2.24, 2.45) is 0 Å². The highest BCUT2D eigenvalue weighted by molar-refractivity contribution is 5.95. The number of hydrogen-bond acceptors (Lipinski definition) is 5. The second kappa shape index (κ2) is 7.15. The summed E-state index contributed by atoms with van der Waals surface area (Å²) in [6.45, 7) is 1.67. The molecule has 3 rings (SSSR count). The van der Waals surface area contributed by atoms with Crippen LogP contribution in [0, 0.1) is 10.1 Å². The third-order valence-corrected chi connectivity index (χ3v) is 4.96. The van der Waals surface area contributed by atoms with E-state index in [1.54, 1.807) is 20.0 Å². The lowest BCUT2D eigenvalue weighted by Crippen LogP contribution is -2.46. The predicted octanol–water partition coefficient (Wildman–Crippen LogP) is 3.05. The van der Waals surface area contributed by atoms with E-state index in [2.05, 4.69) is 5.32 Å². The van der Waals surface area contributed by atoms with E-state index in [4.69, 9.17) is 4.74 Å². The first kappa shape index (κ1) is 17.9. The number of hydrogen-bond donors (Lipinski definition) is 1. The van der Waals surface area contributed by atoms with Gasteiger partial charge in [0.1, 0.15) is 6.10 Å². The van der Waals surface area contributed by atoms with E-state index < -0.39 is 16.9 Å². The van der Waals surface area contributed by atoms with Gasteiger partial charge >= 0.3 is 12.0 Å². The Bertz CT molecular complexity index is 783. The number of allylic oxidation sites excluding steroid dienone is 1. The van der Waals surface area contributed by atoms with Crippen molar-refractivity contribution in [2.75, 3.05) is 7.05 Å². The smallest absolute Gasteiger partial charge is 0.338 e. The van der Waals surface area contributed by atoms with E-state index >= 15 is 0 Å². The van der Waals surface area contributed by atoms with Crippen LogP contribution in [0.25, 0.3) is 0 Å². The molecule has 1 aliphatic carbocycles. The van der Waals surface area contributed by atoms with E-state index in [9.17, 15) is 19.7 Å². The molecule has 1 atom stereocenters. The third-order valence-electron chi connectivity index (χ3n) is 4.96. The lowest BCUT2D eigenvalue weighted by Gasteiger charge is -2.33. The molecule has 1 N–H and O–H groups in total. The number of carbonyl (C=O) groups excluding carboxylic acids is 2. The summed E-state index contributed by atoms with van der Waals surface area (Å²) in [4.78, 5) is 36.9. The summed E-state index contributed by atoms with van der Waals surface area (Å²) in [5, 5.41) is 13.8. The first-order valence-corrected chi connectivity index (χ1v) is 8.59. The Morgan fingerprint density at radius 3 is 2.69 bits per heavy atom. The van der Waals surface area contributed by atoms with E-state index in [1.165, 1.54) is 23.1 Å². The zero-order valence-corrected chi connectivity index (χ0v) is 14.7. The van der Waals surface area contributed by atoms with E-state index in [-0.39, 0.29) is 17.8 Å². The summed E-state index contributed by atoms with van der Waals surface area (Å²) < 4.78 is 5.63. The van der Waals surface area contributed by atoms with Crippen molar-refractivity contribution >= 4 is 17.7 Å². The molecule has 1 heterocycles. The van der Waals surface area contributed by atoms with Gasteiger partial charge in [-0.15, -0.1) is 0 Å². The van der Waals surface area contributed by atoms with Crippen LogP contribution in [0.2, 0.25) is 0 Å². The topological polar surface area (TPSA) is 102 Å². The number of nitrogens with zero attached hydrogens (tertiary/aromatic N) is 2. The molecule has 8 nitrogen and oxygen atoms in total. The number of ether oxygens (including phenoxy) is 1. The Labute approximate surface area is 151 Å². The van der Waals surface area contributed by atoms with Crippen molar-refractivity contribution in [3.8, 4) is 0 Å². The summed E-state index contributed by atoms with van der Waals surface area (Å²) in [6, 6.07) is 4.76. The van der Waals surface area contributed by atoms with Gasteiger partial charge in [0.25, 0.3) is 5.69 Å². The lowest BCUT2D eigenvalue weighted by atomic mass is 9.94. The molecule has 1 fully saturated rings. The van der Waals surface area contributed by atoms with Crippen molar-refractivity contribution in [1.82, 2.24) is 10.2 Å². The van der Waals surface area contributed by atoms with Crippen LogP contribution in [0.15, 0.2) is 35.5 Å². The second-order valence-electron chi connectivity index (χ2n) is 6.60. The molecule has 1 saturated carbocycles. The molecule has 8 heteroatoms. The Morgan fingerprint density at radius 2 is 2.04 bits per heavy atom. The second-order valence-corrected chi connectivity index (χ2v) is 6.60. The van der Waals surface area contributed by atoms with Crippen LogP contribution in [0.4, 0.5) is 10.5 Å². The molecule has 2 amide bonds. The monoisotopic (exact) mass is 359 g/mol. The molecule has 0 saturated heterocycles. The Hall–Kier alpha value is -2.90. The standard InChI is InChI=1S/C18H21N3O5/c1-11-15(17(22)26-14-8-3-4-9-14)16(19-18(23)20(11)2)12-6-5-7-13(10-12)21(24)25/h5-7,10,14,16H,3-4,8-9H2,1-2H3,(H,19,23). The Balaban J connectivity index is 1.98. The molecule has 1 unspecified atom stereocenters. The average molecular weight is 359 g/mol. The van der Waals surface area contributed by atoms with E-state index in [1.807, 2.05) is 0 Å². The molecule has 0 spiro atoms. The normalized spacial score (nSPS) is 20.9. The van der Waals surface area contributed by atoms with Crippen LogP contribution in [-0.2, 0) is 9.53 Å². The molecular weight excluding hydrogens is 338 g/mol. The molecule has 0 aromatic heterocycles. The number of rotatable bonds is 4. The minimum Gasteiger partial charge on any atom is -0.459 e. The first-order chi connectivity index (χ1) is 12.4. The van der Waals surface area contributed by atoms with Gasteiger partial charge < -0.3 is 15.0 Å². The Morgan fingerprint density at radius 1 is 1.35 bits per heavy atom. The quantitative estimate of drug-likeness (QED) is 0.506. The van der Waals surface area contributed by atoms with Gasteiger partial charge in [-0.3, -0.25) is 10.1 Å². The highest BCUT2D eigenvalue weighted by atomic mass is 16.6. The van der Waals surface area contributed by atoms with E-state index in [0.29, 0.717) is 16.8 Å². The van der Waals surface area contributed by atoms with Gasteiger partial charge in [-0.25, -0.2) is 9.59 Å². The van der Waals surface area contributed by atoms with Crippen LogP contribution < -0.4 is 5.32 Å². The molecule has 0 radical (unpaired) electrons. The van der Waals surface area contributed by atoms with Gasteiger partial charge in [0.2, 0.25) is 0 Å². The van der Waals surface area contributed by atoms with Crippen LogP contribution in [0.5, 0.6) is 0 Å². The number of nitrogens with one attached hydrogen (secondary N) is 1. The minimum atomic E-state index is -0.785. The highest BCUT2D eigenvalue weighted by Crippen LogP contribution is 2.33. The maximum absolute atomic E-state index is 12.8. The Kier molecular flexibility index (Phi) is 4.92. The first-order valence-electron chi connectivity index (χ1n) is 8.59. The zero-order valence-electron chi connectivity index (χ0n) is 14.7. The van der Waals surface area contributed by atoms with Gasteiger partial charge in [0.15, 0.2) is 0 Å². The SMILES string of the molecule is CC1=C(C(=O)OC2CCCC2)C(c2cccc([N+](=O)[O-])c2)NC(=O)N1C.